The Morgan fingerprint density at radius 1 is 1.44 bits per heavy atom. The van der Waals surface area contributed by atoms with Crippen LogP contribution in [0.3, 0.4) is 0 Å². The van der Waals surface area contributed by atoms with E-state index in [2.05, 4.69) is 11.9 Å². The molecule has 1 unspecified atom stereocenters. The molecule has 2 aromatic carbocycles. The predicted octanol–water partition coefficient (Wildman–Crippen LogP) is 2.55. The molecule has 0 spiro atoms. The average molecular weight is 364 g/mol. The van der Waals surface area contributed by atoms with Gasteiger partial charge in [-0.1, -0.05) is 24.3 Å². The van der Waals surface area contributed by atoms with Crippen LogP contribution in [0.4, 0.5) is 15.8 Å². The third-order valence-corrected chi connectivity index (χ3v) is 4.31. The highest BCUT2D eigenvalue weighted by atomic mass is 35.5. The maximum absolute atomic E-state index is 13.3. The summed E-state index contributed by atoms with van der Waals surface area (Å²) in [6.07, 6.45) is 1.26. The second kappa shape index (κ2) is 5.54. The van der Waals surface area contributed by atoms with Crippen LogP contribution in [0, 0.1) is 15.9 Å². The molecule has 0 bridgehead atoms. The summed E-state index contributed by atoms with van der Waals surface area (Å²) in [5.74, 6) is -1.49. The van der Waals surface area contributed by atoms with E-state index in [0.29, 0.717) is 0 Å². The Balaban J connectivity index is 2.41. The molecular formula is C16H11ClFN3O4. The highest BCUT2D eigenvalue weighted by Gasteiger charge is 2.50. The van der Waals surface area contributed by atoms with E-state index >= 15 is 0 Å². The first-order chi connectivity index (χ1) is 11.7. The number of rotatable bonds is 3. The monoisotopic (exact) mass is 363 g/mol. The van der Waals surface area contributed by atoms with E-state index in [-0.39, 0.29) is 33.0 Å². The van der Waals surface area contributed by atoms with Crippen LogP contribution < -0.4 is 11.1 Å². The van der Waals surface area contributed by atoms with Gasteiger partial charge in [-0.15, -0.1) is 0 Å². The summed E-state index contributed by atoms with van der Waals surface area (Å²) in [4.78, 5) is 23.1. The second-order valence-electron chi connectivity index (χ2n) is 5.40. The molecule has 25 heavy (non-hydrogen) atoms. The molecule has 1 aliphatic heterocycles. The van der Waals surface area contributed by atoms with Crippen LogP contribution >= 0.6 is 11.6 Å². The highest BCUT2D eigenvalue weighted by molar-refractivity contribution is 6.31. The van der Waals surface area contributed by atoms with Gasteiger partial charge >= 0.3 is 0 Å². The molecule has 4 N–H and O–H groups in total. The van der Waals surface area contributed by atoms with E-state index < -0.39 is 28.1 Å². The van der Waals surface area contributed by atoms with Gasteiger partial charge in [0.1, 0.15) is 11.4 Å². The molecule has 0 saturated carbocycles. The van der Waals surface area contributed by atoms with Gasteiger partial charge in [-0.3, -0.25) is 14.9 Å². The number of amides is 1. The number of nitrogens with one attached hydrogen (secondary N) is 1. The fourth-order valence-electron chi connectivity index (χ4n) is 2.89. The minimum atomic E-state index is -2.33. The molecular weight excluding hydrogens is 353 g/mol. The molecule has 1 atom stereocenters. The number of nitrogens with two attached hydrogens (primary N) is 1. The summed E-state index contributed by atoms with van der Waals surface area (Å²) in [6, 6.07) is 4.17. The lowest BCUT2D eigenvalue weighted by atomic mass is 9.90. The number of nitro benzene ring substituents is 1. The van der Waals surface area contributed by atoms with Crippen molar-refractivity contribution in [2.45, 2.75) is 5.72 Å². The molecule has 0 saturated heterocycles. The van der Waals surface area contributed by atoms with Gasteiger partial charge in [-0.2, -0.15) is 0 Å². The first kappa shape index (κ1) is 16.9. The van der Waals surface area contributed by atoms with E-state index in [4.69, 9.17) is 17.3 Å². The minimum absolute atomic E-state index is 0.0674. The van der Waals surface area contributed by atoms with Crippen LogP contribution in [-0.4, -0.2) is 15.9 Å². The van der Waals surface area contributed by atoms with Gasteiger partial charge in [-0.25, -0.2) is 4.39 Å². The topological polar surface area (TPSA) is 118 Å². The molecule has 3 rings (SSSR count). The third-order valence-electron chi connectivity index (χ3n) is 4.00. The summed E-state index contributed by atoms with van der Waals surface area (Å²) in [5, 5.41) is 24.6. The van der Waals surface area contributed by atoms with Gasteiger partial charge < -0.3 is 16.2 Å². The summed E-state index contributed by atoms with van der Waals surface area (Å²) in [5.41, 5.74) is 2.44. The number of nitro groups is 1. The first-order valence-corrected chi connectivity index (χ1v) is 7.32. The van der Waals surface area contributed by atoms with E-state index in [0.717, 1.165) is 24.3 Å². The Kier molecular flexibility index (Phi) is 3.74. The maximum Gasteiger partial charge on any atom is 0.279 e. The highest BCUT2D eigenvalue weighted by Crippen LogP contribution is 2.46. The van der Waals surface area contributed by atoms with Crippen molar-refractivity contribution in [1.82, 2.24) is 5.32 Å². The first-order valence-electron chi connectivity index (χ1n) is 6.95. The molecule has 128 valence electrons. The number of hydrogen-bond acceptors (Lipinski definition) is 5. The lowest BCUT2D eigenvalue weighted by Gasteiger charge is -2.25. The van der Waals surface area contributed by atoms with Crippen LogP contribution in [0.25, 0.3) is 6.08 Å². The SMILES string of the molecule is C=Cc1cc([N+](=O)[O-])c2c(c1N)C(=O)NC2(O)c1ccc(F)cc1Cl. The normalized spacial score (nSPS) is 18.6. The van der Waals surface area contributed by atoms with Crippen molar-refractivity contribution in [1.29, 1.82) is 0 Å². The van der Waals surface area contributed by atoms with Gasteiger partial charge in [0.25, 0.3) is 11.6 Å². The van der Waals surface area contributed by atoms with Crippen LogP contribution in [0.2, 0.25) is 5.02 Å². The van der Waals surface area contributed by atoms with E-state index in [9.17, 15) is 24.4 Å². The molecule has 1 heterocycles. The zero-order valence-electron chi connectivity index (χ0n) is 12.5. The van der Waals surface area contributed by atoms with Gasteiger partial charge in [0, 0.05) is 17.2 Å². The number of nitrogens with zero attached hydrogens (tertiary/aromatic N) is 1. The smallest absolute Gasteiger partial charge is 0.279 e. The molecule has 1 aliphatic rings. The van der Waals surface area contributed by atoms with Crippen molar-refractivity contribution in [2.24, 2.45) is 0 Å². The summed E-state index contributed by atoms with van der Waals surface area (Å²) in [7, 11) is 0. The van der Waals surface area contributed by atoms with E-state index in [1.165, 1.54) is 6.08 Å². The number of fused-ring (bicyclic) bond motifs is 1. The summed E-state index contributed by atoms with van der Waals surface area (Å²) >= 11 is 5.98. The van der Waals surface area contributed by atoms with Crippen LogP contribution in [0.15, 0.2) is 30.8 Å². The average Bonchev–Trinajstić information content (AvgIpc) is 2.80. The molecule has 0 aromatic heterocycles. The molecule has 0 aliphatic carbocycles. The summed E-state index contributed by atoms with van der Waals surface area (Å²) in [6.45, 7) is 3.50. The Hall–Kier alpha value is -2.97. The number of hydrogen-bond donors (Lipinski definition) is 3. The predicted molar refractivity (Wildman–Crippen MR) is 89.5 cm³/mol. The Morgan fingerprint density at radius 3 is 2.68 bits per heavy atom. The van der Waals surface area contributed by atoms with Crippen molar-refractivity contribution in [2.75, 3.05) is 5.73 Å². The van der Waals surface area contributed by atoms with Gasteiger partial charge in [0.05, 0.1) is 21.2 Å². The minimum Gasteiger partial charge on any atom is -0.398 e. The quantitative estimate of drug-likeness (QED) is 0.440. The molecule has 9 heteroatoms. The van der Waals surface area contributed by atoms with Gasteiger partial charge in [-0.05, 0) is 18.2 Å². The number of benzene rings is 2. The third kappa shape index (κ3) is 2.34. The van der Waals surface area contributed by atoms with Crippen molar-refractivity contribution in [3.63, 3.8) is 0 Å². The van der Waals surface area contributed by atoms with Crippen LogP contribution in [-0.2, 0) is 5.72 Å². The number of halogens is 2. The Bertz CT molecular complexity index is 963. The number of carbonyl (C=O) groups is 1. The molecule has 2 aromatic rings. The largest absolute Gasteiger partial charge is 0.398 e. The van der Waals surface area contributed by atoms with Crippen LogP contribution in [0.1, 0.15) is 27.0 Å². The molecule has 0 fully saturated rings. The van der Waals surface area contributed by atoms with Crippen molar-refractivity contribution in [3.8, 4) is 0 Å². The van der Waals surface area contributed by atoms with Crippen molar-refractivity contribution < 1.29 is 19.2 Å². The maximum atomic E-state index is 13.3. The fraction of sp³-hybridized carbons (Fsp3) is 0.0625. The number of anilines is 1. The molecule has 0 radical (unpaired) electrons. The van der Waals surface area contributed by atoms with Crippen molar-refractivity contribution in [3.05, 3.63) is 74.1 Å². The fourth-order valence-corrected chi connectivity index (χ4v) is 3.20. The van der Waals surface area contributed by atoms with E-state index in [1.54, 1.807) is 0 Å². The van der Waals surface area contributed by atoms with Crippen molar-refractivity contribution >= 4 is 35.0 Å². The second-order valence-corrected chi connectivity index (χ2v) is 5.81. The van der Waals surface area contributed by atoms with Gasteiger partial charge in [0.15, 0.2) is 5.72 Å². The lowest BCUT2D eigenvalue weighted by Crippen LogP contribution is -2.40. The number of nitrogen functional groups attached to an aromatic ring is 1. The molecule has 7 nitrogen and oxygen atoms in total. The van der Waals surface area contributed by atoms with Gasteiger partial charge in [0.2, 0.25) is 0 Å². The Labute approximate surface area is 145 Å². The standard InChI is InChI=1S/C16H11ClFN3O4/c1-2-7-5-11(21(24)25)13-12(14(7)19)15(22)20-16(13,23)9-4-3-8(18)6-10(9)17/h2-6,23H,1,19H2,(H,20,22). The summed E-state index contributed by atoms with van der Waals surface area (Å²) < 4.78 is 13.3. The number of aliphatic hydroxyl groups is 1. The van der Waals surface area contributed by atoms with Crippen LogP contribution in [0.5, 0.6) is 0 Å². The zero-order valence-corrected chi connectivity index (χ0v) is 13.3. The lowest BCUT2D eigenvalue weighted by molar-refractivity contribution is -0.386. The number of carbonyl (C=O) groups excluding carboxylic acids is 1. The van der Waals surface area contributed by atoms with E-state index in [1.807, 2.05) is 0 Å². The Morgan fingerprint density at radius 2 is 2.12 bits per heavy atom. The zero-order chi connectivity index (χ0) is 18.5. The molecule has 1 amide bonds.